The molecule has 0 radical (unpaired) electrons. The summed E-state index contributed by atoms with van der Waals surface area (Å²) in [6.45, 7) is 3.38. The van der Waals surface area contributed by atoms with Gasteiger partial charge in [-0.1, -0.05) is 12.1 Å². The zero-order valence-electron chi connectivity index (χ0n) is 14.7. The maximum Gasteiger partial charge on any atom is 0.338 e. The maximum absolute atomic E-state index is 12.2. The van der Waals surface area contributed by atoms with Crippen LogP contribution in [0.5, 0.6) is 0 Å². The molecule has 0 aromatic heterocycles. The average molecular weight is 387 g/mol. The Morgan fingerprint density at radius 2 is 1.89 bits per heavy atom. The molecule has 1 aliphatic rings. The van der Waals surface area contributed by atoms with Crippen molar-refractivity contribution >= 4 is 41.0 Å². The summed E-state index contributed by atoms with van der Waals surface area (Å²) in [5.74, 6) is 0.295. The summed E-state index contributed by atoms with van der Waals surface area (Å²) < 4.78 is 6.49. The molecule has 0 fully saturated rings. The predicted octanol–water partition coefficient (Wildman–Crippen LogP) is 3.72. The van der Waals surface area contributed by atoms with E-state index >= 15 is 0 Å². The van der Waals surface area contributed by atoms with Gasteiger partial charge in [0, 0.05) is 28.7 Å². The summed E-state index contributed by atoms with van der Waals surface area (Å²) >= 11 is 6.10. The van der Waals surface area contributed by atoms with E-state index in [2.05, 4.69) is 15.6 Å². The van der Waals surface area contributed by atoms with Crippen molar-refractivity contribution in [3.63, 3.8) is 0 Å². The minimum absolute atomic E-state index is 0.314. The van der Waals surface area contributed by atoms with Gasteiger partial charge in [-0.3, -0.25) is 9.41 Å². The number of rotatable bonds is 5. The first-order chi connectivity index (χ1) is 13.1. The normalized spacial score (nSPS) is 13.1. The molecule has 8 heteroatoms. The molecule has 2 aromatic carbocycles. The van der Waals surface area contributed by atoms with Crippen LogP contribution < -0.4 is 10.6 Å². The monoisotopic (exact) mass is 386 g/mol. The van der Waals surface area contributed by atoms with Gasteiger partial charge in [-0.25, -0.2) is 9.59 Å². The van der Waals surface area contributed by atoms with Crippen LogP contribution in [0.25, 0.3) is 0 Å². The number of amidine groups is 1. The standard InChI is InChI=1S/C19H19ClN4O3/c1-2-27-18(25)13-6-8-15(9-7-13)22-19(26)23-16-5-3-4-14(12-16)17-21-10-11-24(17)20/h3-9,12H,2,10-11H2,1H3,(H2,22,23,26). The number of carbonyl (C=O) groups excluding carboxylic acids is 2. The molecular formula is C19H19ClN4O3. The minimum Gasteiger partial charge on any atom is -0.462 e. The average Bonchev–Trinajstić information content (AvgIpc) is 3.08. The Hall–Kier alpha value is -3.06. The fourth-order valence-electron chi connectivity index (χ4n) is 2.59. The van der Waals surface area contributed by atoms with Gasteiger partial charge in [0.25, 0.3) is 0 Å². The lowest BCUT2D eigenvalue weighted by Crippen LogP contribution is -2.21. The largest absolute Gasteiger partial charge is 0.462 e. The van der Waals surface area contributed by atoms with Crippen molar-refractivity contribution in [2.24, 2.45) is 4.99 Å². The van der Waals surface area contributed by atoms with Gasteiger partial charge >= 0.3 is 12.0 Å². The van der Waals surface area contributed by atoms with Crippen LogP contribution in [0.1, 0.15) is 22.8 Å². The molecule has 2 aromatic rings. The molecule has 2 amide bonds. The lowest BCUT2D eigenvalue weighted by Gasteiger charge is -2.12. The molecule has 0 unspecified atom stereocenters. The first-order valence-corrected chi connectivity index (χ1v) is 8.84. The summed E-state index contributed by atoms with van der Waals surface area (Å²) in [5, 5.41) is 5.49. The smallest absolute Gasteiger partial charge is 0.338 e. The Morgan fingerprint density at radius 1 is 1.15 bits per heavy atom. The number of benzene rings is 2. The van der Waals surface area contributed by atoms with Gasteiger partial charge < -0.3 is 15.4 Å². The van der Waals surface area contributed by atoms with Crippen LogP contribution in [0, 0.1) is 0 Å². The topological polar surface area (TPSA) is 83.0 Å². The SMILES string of the molecule is CCOC(=O)c1ccc(NC(=O)Nc2cccc(C3=NCCN3Cl)c2)cc1. The van der Waals surface area contributed by atoms with Crippen LogP contribution in [-0.2, 0) is 4.74 Å². The van der Waals surface area contributed by atoms with Crippen molar-refractivity contribution in [2.75, 3.05) is 30.3 Å². The Morgan fingerprint density at radius 3 is 2.56 bits per heavy atom. The number of urea groups is 1. The number of ether oxygens (including phenoxy) is 1. The summed E-state index contributed by atoms with van der Waals surface area (Å²) in [5.41, 5.74) is 2.44. The number of amides is 2. The van der Waals surface area contributed by atoms with E-state index in [1.54, 1.807) is 41.7 Å². The van der Waals surface area contributed by atoms with Gasteiger partial charge in [-0.15, -0.1) is 0 Å². The Bertz CT molecular complexity index is 868. The molecule has 0 bridgehead atoms. The van der Waals surface area contributed by atoms with E-state index in [4.69, 9.17) is 16.5 Å². The van der Waals surface area contributed by atoms with Gasteiger partial charge in [-0.05, 0) is 43.3 Å². The number of esters is 1. The van der Waals surface area contributed by atoms with Crippen LogP contribution in [0.3, 0.4) is 0 Å². The first kappa shape index (κ1) is 18.7. The molecule has 27 heavy (non-hydrogen) atoms. The summed E-state index contributed by atoms with van der Waals surface area (Å²) in [4.78, 5) is 28.2. The molecule has 3 rings (SSSR count). The van der Waals surface area contributed by atoms with E-state index in [-0.39, 0.29) is 0 Å². The number of anilines is 2. The second-order valence-corrected chi connectivity index (χ2v) is 6.16. The zero-order chi connectivity index (χ0) is 19.2. The fourth-order valence-corrected chi connectivity index (χ4v) is 2.82. The second-order valence-electron chi connectivity index (χ2n) is 5.75. The van der Waals surface area contributed by atoms with Crippen LogP contribution in [0.2, 0.25) is 0 Å². The van der Waals surface area contributed by atoms with Crippen molar-refractivity contribution in [2.45, 2.75) is 6.92 Å². The second kappa shape index (κ2) is 8.55. The third-order valence-electron chi connectivity index (χ3n) is 3.82. The van der Waals surface area contributed by atoms with E-state index in [9.17, 15) is 9.59 Å². The summed E-state index contributed by atoms with van der Waals surface area (Å²) in [6.07, 6.45) is 0. The third kappa shape index (κ3) is 4.77. The first-order valence-electron chi connectivity index (χ1n) is 8.50. The van der Waals surface area contributed by atoms with E-state index in [1.165, 1.54) is 0 Å². The fraction of sp³-hybridized carbons (Fsp3) is 0.211. The van der Waals surface area contributed by atoms with Gasteiger partial charge in [0.05, 0.1) is 25.3 Å². The lowest BCUT2D eigenvalue weighted by molar-refractivity contribution is 0.0526. The van der Waals surface area contributed by atoms with E-state index in [1.807, 2.05) is 18.2 Å². The van der Waals surface area contributed by atoms with Crippen molar-refractivity contribution in [3.8, 4) is 0 Å². The van der Waals surface area contributed by atoms with Gasteiger partial charge in [0.2, 0.25) is 0 Å². The molecule has 140 valence electrons. The van der Waals surface area contributed by atoms with Crippen LogP contribution >= 0.6 is 11.8 Å². The van der Waals surface area contributed by atoms with Gasteiger partial charge in [0.15, 0.2) is 0 Å². The Balaban J connectivity index is 1.62. The molecule has 0 spiro atoms. The van der Waals surface area contributed by atoms with Crippen LogP contribution in [0.15, 0.2) is 53.5 Å². The van der Waals surface area contributed by atoms with E-state index in [0.29, 0.717) is 42.5 Å². The third-order valence-corrected chi connectivity index (χ3v) is 4.15. The Labute approximate surface area is 162 Å². The minimum atomic E-state index is -0.396. The number of carbonyl (C=O) groups is 2. The number of hydrogen-bond donors (Lipinski definition) is 2. The highest BCUT2D eigenvalue weighted by atomic mass is 35.5. The highest BCUT2D eigenvalue weighted by Gasteiger charge is 2.17. The summed E-state index contributed by atoms with van der Waals surface area (Å²) in [7, 11) is 0. The van der Waals surface area contributed by atoms with E-state index < -0.39 is 12.0 Å². The van der Waals surface area contributed by atoms with Gasteiger partial charge in [-0.2, -0.15) is 0 Å². The molecule has 2 N–H and O–H groups in total. The molecule has 0 saturated heterocycles. The number of halogens is 1. The highest BCUT2D eigenvalue weighted by molar-refractivity contribution is 6.26. The molecule has 0 atom stereocenters. The van der Waals surface area contributed by atoms with E-state index in [0.717, 1.165) is 5.56 Å². The van der Waals surface area contributed by atoms with Crippen molar-refractivity contribution in [1.29, 1.82) is 0 Å². The highest BCUT2D eigenvalue weighted by Crippen LogP contribution is 2.18. The van der Waals surface area contributed by atoms with Crippen molar-refractivity contribution in [3.05, 3.63) is 59.7 Å². The molecule has 0 aliphatic carbocycles. The molecule has 1 aliphatic heterocycles. The number of hydrogen-bond acceptors (Lipinski definition) is 5. The zero-order valence-corrected chi connectivity index (χ0v) is 15.5. The molecular weight excluding hydrogens is 368 g/mol. The van der Waals surface area contributed by atoms with Crippen LogP contribution in [0.4, 0.5) is 16.2 Å². The van der Waals surface area contributed by atoms with Crippen molar-refractivity contribution < 1.29 is 14.3 Å². The lowest BCUT2D eigenvalue weighted by atomic mass is 10.2. The predicted molar refractivity (Wildman–Crippen MR) is 105 cm³/mol. The maximum atomic E-state index is 12.2. The van der Waals surface area contributed by atoms with Gasteiger partial charge in [0.1, 0.15) is 5.84 Å². The molecule has 0 saturated carbocycles. The summed E-state index contributed by atoms with van der Waals surface area (Å²) in [6, 6.07) is 13.4. The number of aliphatic imine (C=N–C) groups is 1. The number of nitrogens with zero attached hydrogens (tertiary/aromatic N) is 2. The Kier molecular flexibility index (Phi) is 5.93. The quantitative estimate of drug-likeness (QED) is 0.606. The molecule has 7 nitrogen and oxygen atoms in total. The number of nitrogens with one attached hydrogen (secondary N) is 2. The van der Waals surface area contributed by atoms with Crippen LogP contribution in [-0.4, -0.2) is 42.0 Å². The van der Waals surface area contributed by atoms with Crippen molar-refractivity contribution in [1.82, 2.24) is 4.42 Å². The molecule has 1 heterocycles.